The fourth-order valence-corrected chi connectivity index (χ4v) is 1.79. The van der Waals surface area contributed by atoms with Crippen LogP contribution >= 0.6 is 0 Å². The molecule has 0 bridgehead atoms. The first-order valence-corrected chi connectivity index (χ1v) is 5.11. The molecule has 0 atom stereocenters. The number of aromatic nitrogens is 2. The van der Waals surface area contributed by atoms with E-state index in [9.17, 15) is 0 Å². The lowest BCUT2D eigenvalue weighted by atomic mass is 10.2. The van der Waals surface area contributed by atoms with Crippen molar-refractivity contribution in [1.29, 1.82) is 0 Å². The third kappa shape index (κ3) is 1.68. The average molecular weight is 204 g/mol. The number of nitrogens with two attached hydrogens (primary N) is 1. The number of fused-ring (bicyclic) bond motifs is 1. The Bertz CT molecular complexity index is 473. The molecular weight excluding hydrogens is 188 g/mol. The number of rotatable bonds is 3. The van der Waals surface area contributed by atoms with E-state index < -0.39 is 0 Å². The molecule has 0 radical (unpaired) electrons. The van der Waals surface area contributed by atoms with E-state index in [4.69, 9.17) is 5.73 Å². The van der Waals surface area contributed by atoms with Gasteiger partial charge in [0.2, 0.25) is 5.95 Å². The van der Waals surface area contributed by atoms with Crippen molar-refractivity contribution in [3.05, 3.63) is 23.8 Å². The molecule has 2 rings (SSSR count). The summed E-state index contributed by atoms with van der Waals surface area (Å²) in [6.45, 7) is 3.48. The van der Waals surface area contributed by atoms with Crippen molar-refractivity contribution in [1.82, 2.24) is 9.55 Å². The predicted molar refractivity (Wildman–Crippen MR) is 63.1 cm³/mol. The maximum Gasteiger partial charge on any atom is 0.203 e. The van der Waals surface area contributed by atoms with Gasteiger partial charge >= 0.3 is 0 Å². The van der Waals surface area contributed by atoms with E-state index in [1.807, 2.05) is 7.05 Å². The van der Waals surface area contributed by atoms with Crippen LogP contribution in [0, 0.1) is 6.92 Å². The highest BCUT2D eigenvalue weighted by Crippen LogP contribution is 2.20. The van der Waals surface area contributed by atoms with Gasteiger partial charge in [0.25, 0.3) is 0 Å². The van der Waals surface area contributed by atoms with Crippen LogP contribution in [-0.4, -0.2) is 23.1 Å². The summed E-state index contributed by atoms with van der Waals surface area (Å²) in [4.78, 5) is 4.51. The lowest BCUT2D eigenvalue weighted by molar-refractivity contribution is 0.735. The fraction of sp³-hybridized carbons (Fsp3) is 0.364. The van der Waals surface area contributed by atoms with Gasteiger partial charge in [-0.2, -0.15) is 0 Å². The third-order valence-corrected chi connectivity index (χ3v) is 2.48. The molecule has 4 heteroatoms. The van der Waals surface area contributed by atoms with Gasteiger partial charge in [-0.05, 0) is 24.6 Å². The van der Waals surface area contributed by atoms with E-state index in [1.165, 1.54) is 5.56 Å². The summed E-state index contributed by atoms with van der Waals surface area (Å²) in [5, 5.41) is 3.09. The zero-order chi connectivity index (χ0) is 10.8. The molecule has 0 saturated heterocycles. The van der Waals surface area contributed by atoms with E-state index in [0.717, 1.165) is 23.5 Å². The minimum Gasteiger partial charge on any atom is -0.359 e. The van der Waals surface area contributed by atoms with Crippen LogP contribution in [0.2, 0.25) is 0 Å². The quantitative estimate of drug-likeness (QED) is 0.793. The molecule has 1 aromatic carbocycles. The molecular formula is C11H16N4. The van der Waals surface area contributed by atoms with E-state index in [1.54, 1.807) is 0 Å². The van der Waals surface area contributed by atoms with E-state index >= 15 is 0 Å². The molecule has 2 aromatic rings. The largest absolute Gasteiger partial charge is 0.359 e. The molecule has 1 aromatic heterocycles. The predicted octanol–water partition coefficient (Wildman–Crippen LogP) is 1.35. The minimum atomic E-state index is 0.619. The topological polar surface area (TPSA) is 55.9 Å². The van der Waals surface area contributed by atoms with Gasteiger partial charge in [0, 0.05) is 20.1 Å². The molecule has 0 aliphatic rings. The second-order valence-corrected chi connectivity index (χ2v) is 3.62. The van der Waals surface area contributed by atoms with Crippen molar-refractivity contribution >= 4 is 17.0 Å². The Kier molecular flexibility index (Phi) is 2.60. The van der Waals surface area contributed by atoms with Crippen LogP contribution < -0.4 is 11.1 Å². The highest BCUT2D eigenvalue weighted by molar-refractivity contribution is 5.79. The molecule has 0 fully saturated rings. The van der Waals surface area contributed by atoms with Gasteiger partial charge in [-0.1, -0.05) is 6.07 Å². The van der Waals surface area contributed by atoms with Gasteiger partial charge in [-0.3, -0.25) is 0 Å². The first-order chi connectivity index (χ1) is 7.26. The summed E-state index contributed by atoms with van der Waals surface area (Å²) in [5.41, 5.74) is 8.97. The Morgan fingerprint density at radius 1 is 1.47 bits per heavy atom. The van der Waals surface area contributed by atoms with Gasteiger partial charge in [0.05, 0.1) is 11.0 Å². The van der Waals surface area contributed by atoms with Crippen LogP contribution in [0.3, 0.4) is 0 Å². The first-order valence-electron chi connectivity index (χ1n) is 5.11. The number of nitrogens with zero attached hydrogens (tertiary/aromatic N) is 2. The SMILES string of the molecule is CNc1nc2cc(C)ccc2n1CCN. The third-order valence-electron chi connectivity index (χ3n) is 2.48. The molecule has 1 heterocycles. The Labute approximate surface area is 89.1 Å². The van der Waals surface area contributed by atoms with E-state index in [-0.39, 0.29) is 0 Å². The number of imidazole rings is 1. The van der Waals surface area contributed by atoms with Crippen molar-refractivity contribution in [2.75, 3.05) is 18.9 Å². The maximum absolute atomic E-state index is 5.59. The summed E-state index contributed by atoms with van der Waals surface area (Å²) in [6.07, 6.45) is 0. The number of hydrogen-bond donors (Lipinski definition) is 2. The van der Waals surface area contributed by atoms with E-state index in [2.05, 4.69) is 40.0 Å². The highest BCUT2D eigenvalue weighted by atomic mass is 15.2. The number of nitrogens with one attached hydrogen (secondary N) is 1. The molecule has 0 spiro atoms. The first kappa shape index (κ1) is 9.98. The van der Waals surface area contributed by atoms with Gasteiger partial charge in [0.1, 0.15) is 0 Å². The normalized spacial score (nSPS) is 10.9. The summed E-state index contributed by atoms with van der Waals surface area (Å²) >= 11 is 0. The molecule has 0 saturated carbocycles. The average Bonchev–Trinajstić information content (AvgIpc) is 2.56. The molecule has 0 amide bonds. The Morgan fingerprint density at radius 3 is 2.93 bits per heavy atom. The molecule has 3 N–H and O–H groups in total. The van der Waals surface area contributed by atoms with E-state index in [0.29, 0.717) is 6.54 Å². The van der Waals surface area contributed by atoms with Crippen LogP contribution in [-0.2, 0) is 6.54 Å². The maximum atomic E-state index is 5.59. The van der Waals surface area contributed by atoms with Crippen LogP contribution in [0.15, 0.2) is 18.2 Å². The van der Waals surface area contributed by atoms with Crippen LogP contribution in [0.4, 0.5) is 5.95 Å². The molecule has 80 valence electrons. The standard InChI is InChI=1S/C11H16N4/c1-8-3-4-10-9(7-8)14-11(13-2)15(10)6-5-12/h3-4,7H,5-6,12H2,1-2H3,(H,13,14). The summed E-state index contributed by atoms with van der Waals surface area (Å²) in [7, 11) is 1.88. The van der Waals surface area contributed by atoms with Crippen LogP contribution in [0.25, 0.3) is 11.0 Å². The van der Waals surface area contributed by atoms with Crippen molar-refractivity contribution in [3.8, 4) is 0 Å². The summed E-state index contributed by atoms with van der Waals surface area (Å²) in [6, 6.07) is 6.27. The van der Waals surface area contributed by atoms with Crippen LogP contribution in [0.5, 0.6) is 0 Å². The van der Waals surface area contributed by atoms with Crippen molar-refractivity contribution < 1.29 is 0 Å². The minimum absolute atomic E-state index is 0.619. The van der Waals surface area contributed by atoms with Crippen molar-refractivity contribution in [2.24, 2.45) is 5.73 Å². The number of hydrogen-bond acceptors (Lipinski definition) is 3. The van der Waals surface area contributed by atoms with Crippen LogP contribution in [0.1, 0.15) is 5.56 Å². The zero-order valence-electron chi connectivity index (χ0n) is 9.12. The molecule has 0 aliphatic carbocycles. The zero-order valence-corrected chi connectivity index (χ0v) is 9.12. The van der Waals surface area contributed by atoms with Crippen molar-refractivity contribution in [2.45, 2.75) is 13.5 Å². The smallest absolute Gasteiger partial charge is 0.203 e. The molecule has 15 heavy (non-hydrogen) atoms. The highest BCUT2D eigenvalue weighted by Gasteiger charge is 2.08. The van der Waals surface area contributed by atoms with Gasteiger partial charge in [-0.25, -0.2) is 4.98 Å². The molecule has 0 aliphatic heterocycles. The Balaban J connectivity index is 2.63. The van der Waals surface area contributed by atoms with Gasteiger partial charge in [0.15, 0.2) is 0 Å². The molecule has 4 nitrogen and oxygen atoms in total. The number of anilines is 1. The Hall–Kier alpha value is -1.55. The second-order valence-electron chi connectivity index (χ2n) is 3.62. The lowest BCUT2D eigenvalue weighted by Gasteiger charge is -2.06. The van der Waals surface area contributed by atoms with Crippen molar-refractivity contribution in [3.63, 3.8) is 0 Å². The lowest BCUT2D eigenvalue weighted by Crippen LogP contribution is -2.12. The Morgan fingerprint density at radius 2 is 2.27 bits per heavy atom. The number of aryl methyl sites for hydroxylation is 1. The fourth-order valence-electron chi connectivity index (χ4n) is 1.79. The van der Waals surface area contributed by atoms with Gasteiger partial charge in [-0.15, -0.1) is 0 Å². The molecule has 0 unspecified atom stereocenters. The second kappa shape index (κ2) is 3.90. The number of benzene rings is 1. The van der Waals surface area contributed by atoms with Gasteiger partial charge < -0.3 is 15.6 Å². The monoisotopic (exact) mass is 204 g/mol. The summed E-state index contributed by atoms with van der Waals surface area (Å²) < 4.78 is 2.11. The summed E-state index contributed by atoms with van der Waals surface area (Å²) in [5.74, 6) is 0.876.